The lowest BCUT2D eigenvalue weighted by Gasteiger charge is -2.32. The number of piperazine rings is 1. The number of hydrogen-bond donors (Lipinski definition) is 2. The quantitative estimate of drug-likeness (QED) is 0.763. The predicted molar refractivity (Wildman–Crippen MR) is 113 cm³/mol. The van der Waals surface area contributed by atoms with Crippen LogP contribution in [0.5, 0.6) is 0 Å². The Kier molecular flexibility index (Phi) is 6.05. The van der Waals surface area contributed by atoms with Crippen LogP contribution in [0.4, 0.5) is 13.2 Å². The van der Waals surface area contributed by atoms with Gasteiger partial charge in [0.1, 0.15) is 0 Å². The number of carbonyl (C=O) groups is 1. The molecule has 2 aliphatic rings. The number of rotatable bonds is 5. The maximum absolute atomic E-state index is 14.1. The summed E-state index contributed by atoms with van der Waals surface area (Å²) in [7, 11) is 2.09. The van der Waals surface area contributed by atoms with Crippen molar-refractivity contribution in [3.05, 3.63) is 70.3 Å². The number of primary amides is 1. The van der Waals surface area contributed by atoms with Crippen LogP contribution in [0.3, 0.4) is 0 Å². The highest BCUT2D eigenvalue weighted by atomic mass is 19.4. The van der Waals surface area contributed by atoms with Crippen molar-refractivity contribution in [1.29, 1.82) is 0 Å². The molecule has 1 unspecified atom stereocenters. The average Bonchev–Trinajstić information content (AvgIpc) is 3.13. The van der Waals surface area contributed by atoms with Gasteiger partial charge in [0.2, 0.25) is 5.91 Å². The van der Waals surface area contributed by atoms with E-state index in [1.54, 1.807) is 36.4 Å². The van der Waals surface area contributed by atoms with Crippen LogP contribution >= 0.6 is 0 Å². The zero-order chi connectivity index (χ0) is 22.2. The van der Waals surface area contributed by atoms with Gasteiger partial charge in [-0.15, -0.1) is 0 Å². The Morgan fingerprint density at radius 2 is 1.81 bits per heavy atom. The lowest BCUT2D eigenvalue weighted by Crippen LogP contribution is -2.43. The molecule has 31 heavy (non-hydrogen) atoms. The first-order valence-corrected chi connectivity index (χ1v) is 10.4. The largest absolute Gasteiger partial charge is 0.397 e. The molecule has 2 aromatic carbocycles. The Bertz CT molecular complexity index is 937. The molecule has 1 fully saturated rings. The molecule has 2 aliphatic heterocycles. The summed E-state index contributed by atoms with van der Waals surface area (Å²) in [5.74, 6) is -2.26. The topological polar surface area (TPSA) is 61.6 Å². The summed E-state index contributed by atoms with van der Waals surface area (Å²) < 4.78 is 42.4. The normalized spacial score (nSPS) is 21.1. The van der Waals surface area contributed by atoms with Crippen LogP contribution in [0.2, 0.25) is 0 Å². The molecule has 0 saturated carbocycles. The van der Waals surface area contributed by atoms with Gasteiger partial charge in [0.05, 0.1) is 5.92 Å². The van der Waals surface area contributed by atoms with Crippen LogP contribution in [-0.2, 0) is 13.1 Å². The molecule has 0 radical (unpaired) electrons. The first kappa shape index (κ1) is 21.8. The maximum Gasteiger partial charge on any atom is 0.397 e. The summed E-state index contributed by atoms with van der Waals surface area (Å²) >= 11 is 0. The molecule has 2 atom stereocenters. The number of fused-ring (bicyclic) bond motifs is 1. The van der Waals surface area contributed by atoms with E-state index in [0.717, 1.165) is 38.3 Å². The van der Waals surface area contributed by atoms with Gasteiger partial charge in [0, 0.05) is 50.9 Å². The Balaban J connectivity index is 1.55. The number of hydrogen-bond acceptors (Lipinski definition) is 4. The molecule has 0 aromatic heterocycles. The van der Waals surface area contributed by atoms with Crippen LogP contribution in [0.15, 0.2) is 42.5 Å². The fraction of sp³-hybridized carbons (Fsp3) is 0.435. The first-order chi connectivity index (χ1) is 14.7. The monoisotopic (exact) mass is 432 g/mol. The molecule has 1 saturated heterocycles. The predicted octanol–water partition coefficient (Wildman–Crippen LogP) is 3.02. The molecule has 0 spiro atoms. The highest BCUT2D eigenvalue weighted by Gasteiger charge is 2.48. The highest BCUT2D eigenvalue weighted by molar-refractivity contribution is 5.93. The van der Waals surface area contributed by atoms with E-state index in [9.17, 15) is 18.0 Å². The van der Waals surface area contributed by atoms with Gasteiger partial charge >= 0.3 is 6.18 Å². The molecular weight excluding hydrogens is 405 g/mol. The van der Waals surface area contributed by atoms with Crippen molar-refractivity contribution in [3.8, 4) is 0 Å². The van der Waals surface area contributed by atoms with Crippen LogP contribution in [-0.4, -0.2) is 55.1 Å². The fourth-order valence-corrected chi connectivity index (χ4v) is 4.51. The third kappa shape index (κ3) is 4.76. The standard InChI is InChI=1S/C23H27F3N4O/c1-29-8-10-30(11-9-29)14-15-2-4-16(5-3-15)20(23(24,25)26)21-19-7-6-17(22(27)31)12-18(19)13-28-21/h2-7,12,20-21,28H,8-11,13-14H2,1H3,(H2,27,31)/t20-,21?/m1/s1. The second-order valence-corrected chi connectivity index (χ2v) is 8.48. The molecule has 0 aliphatic carbocycles. The van der Waals surface area contributed by atoms with Crippen molar-refractivity contribution in [2.45, 2.75) is 31.2 Å². The number of nitrogens with zero attached hydrogens (tertiary/aromatic N) is 2. The Labute approximate surface area is 180 Å². The smallest absolute Gasteiger partial charge is 0.366 e. The van der Waals surface area contributed by atoms with E-state index in [0.29, 0.717) is 16.7 Å². The number of alkyl halides is 3. The van der Waals surface area contributed by atoms with E-state index in [2.05, 4.69) is 22.2 Å². The van der Waals surface area contributed by atoms with Crippen molar-refractivity contribution in [1.82, 2.24) is 15.1 Å². The fourth-order valence-electron chi connectivity index (χ4n) is 4.51. The molecule has 8 heteroatoms. The number of likely N-dealkylation sites (N-methyl/N-ethyl adjacent to an activating group) is 1. The minimum absolute atomic E-state index is 0.235. The number of amides is 1. The molecule has 166 valence electrons. The van der Waals surface area contributed by atoms with Gasteiger partial charge in [-0.3, -0.25) is 9.69 Å². The average molecular weight is 432 g/mol. The molecule has 4 rings (SSSR count). The van der Waals surface area contributed by atoms with Crippen LogP contribution in [0, 0.1) is 0 Å². The number of nitrogens with two attached hydrogens (primary N) is 1. The number of nitrogens with one attached hydrogen (secondary N) is 1. The zero-order valence-corrected chi connectivity index (χ0v) is 17.5. The summed E-state index contributed by atoms with van der Waals surface area (Å²) in [6, 6.07) is 10.6. The summed E-state index contributed by atoms with van der Waals surface area (Å²) in [5, 5.41) is 2.99. The van der Waals surface area contributed by atoms with Gasteiger partial charge in [0.15, 0.2) is 0 Å². The van der Waals surface area contributed by atoms with Crippen molar-refractivity contribution >= 4 is 5.91 Å². The lowest BCUT2D eigenvalue weighted by molar-refractivity contribution is -0.157. The minimum atomic E-state index is -4.42. The first-order valence-electron chi connectivity index (χ1n) is 10.4. The lowest BCUT2D eigenvalue weighted by atomic mass is 9.86. The van der Waals surface area contributed by atoms with E-state index in [1.165, 1.54) is 6.07 Å². The third-order valence-corrected chi connectivity index (χ3v) is 6.30. The number of benzene rings is 2. The van der Waals surface area contributed by atoms with Crippen molar-refractivity contribution in [2.75, 3.05) is 33.2 Å². The summed E-state index contributed by atoms with van der Waals surface area (Å²) in [5.41, 5.74) is 8.10. The Morgan fingerprint density at radius 3 is 2.42 bits per heavy atom. The van der Waals surface area contributed by atoms with Gasteiger partial charge in [-0.25, -0.2) is 0 Å². The van der Waals surface area contributed by atoms with E-state index in [4.69, 9.17) is 5.73 Å². The second-order valence-electron chi connectivity index (χ2n) is 8.48. The third-order valence-electron chi connectivity index (χ3n) is 6.30. The number of carbonyl (C=O) groups excluding carboxylic acids is 1. The van der Waals surface area contributed by atoms with Crippen molar-refractivity contribution < 1.29 is 18.0 Å². The summed E-state index contributed by atoms with van der Waals surface area (Å²) in [6.07, 6.45) is -4.42. The Morgan fingerprint density at radius 1 is 1.13 bits per heavy atom. The highest BCUT2D eigenvalue weighted by Crippen LogP contribution is 2.46. The minimum Gasteiger partial charge on any atom is -0.366 e. The zero-order valence-electron chi connectivity index (χ0n) is 17.5. The van der Waals surface area contributed by atoms with E-state index >= 15 is 0 Å². The molecule has 2 heterocycles. The maximum atomic E-state index is 14.1. The summed E-state index contributed by atoms with van der Waals surface area (Å²) in [6.45, 7) is 4.93. The van der Waals surface area contributed by atoms with Crippen LogP contribution in [0.25, 0.3) is 0 Å². The van der Waals surface area contributed by atoms with Crippen LogP contribution in [0.1, 0.15) is 44.6 Å². The number of halogens is 3. The summed E-state index contributed by atoms with van der Waals surface area (Å²) in [4.78, 5) is 16.0. The second kappa shape index (κ2) is 8.61. The van der Waals surface area contributed by atoms with E-state index < -0.39 is 24.0 Å². The van der Waals surface area contributed by atoms with Crippen molar-refractivity contribution in [2.24, 2.45) is 5.73 Å². The van der Waals surface area contributed by atoms with Crippen LogP contribution < -0.4 is 11.1 Å². The molecule has 5 nitrogen and oxygen atoms in total. The van der Waals surface area contributed by atoms with E-state index in [-0.39, 0.29) is 12.1 Å². The molecule has 2 aromatic rings. The SMILES string of the molecule is CN1CCN(Cc2ccc([C@H](C3NCc4cc(C(N)=O)ccc43)C(F)(F)F)cc2)CC1. The molecule has 3 N–H and O–H groups in total. The molecule has 1 amide bonds. The van der Waals surface area contributed by atoms with Gasteiger partial charge in [-0.2, -0.15) is 13.2 Å². The van der Waals surface area contributed by atoms with Gasteiger partial charge < -0.3 is 16.0 Å². The van der Waals surface area contributed by atoms with E-state index in [1.807, 2.05) is 0 Å². The van der Waals surface area contributed by atoms with Gasteiger partial charge in [-0.1, -0.05) is 30.3 Å². The van der Waals surface area contributed by atoms with Gasteiger partial charge in [0.25, 0.3) is 0 Å². The molecular formula is C23H27F3N4O. The molecule has 0 bridgehead atoms. The van der Waals surface area contributed by atoms with Crippen molar-refractivity contribution in [3.63, 3.8) is 0 Å². The van der Waals surface area contributed by atoms with Gasteiger partial charge in [-0.05, 0) is 41.4 Å². The Hall–Kier alpha value is -2.42.